The second-order valence-corrected chi connectivity index (χ2v) is 11.6. The third-order valence-electron chi connectivity index (χ3n) is 9.54. The van der Waals surface area contributed by atoms with Crippen LogP contribution in [0.15, 0.2) is 35.5 Å². The Morgan fingerprint density at radius 2 is 1.91 bits per heavy atom. The largest absolute Gasteiger partial charge is 0.477 e. The lowest BCUT2D eigenvalue weighted by atomic mass is 9.95. The number of anilines is 2. The number of hydrogen-bond acceptors (Lipinski definition) is 8. The van der Waals surface area contributed by atoms with Gasteiger partial charge in [-0.1, -0.05) is 0 Å². The van der Waals surface area contributed by atoms with E-state index < -0.39 is 28.6 Å². The van der Waals surface area contributed by atoms with Crippen molar-refractivity contribution in [3.63, 3.8) is 0 Å². The molecule has 5 heterocycles. The average molecular weight is 588 g/mol. The highest BCUT2D eigenvalue weighted by Crippen LogP contribution is 2.51. The fraction of sp³-hybridized carbons (Fsp3) is 0.355. The summed E-state index contributed by atoms with van der Waals surface area (Å²) in [6.07, 6.45) is 7.92. The molecule has 2 saturated heterocycles. The molecular formula is C31H31F2N7O3. The molecular weight excluding hydrogens is 556 g/mol. The molecule has 3 aromatic heterocycles. The number of likely N-dealkylation sites (N-methyl/N-ethyl adjacent to an activating group) is 1. The molecule has 3 aliphatic rings. The van der Waals surface area contributed by atoms with Crippen LogP contribution in [0, 0.1) is 11.6 Å². The Bertz CT molecular complexity index is 1910. The van der Waals surface area contributed by atoms with Crippen molar-refractivity contribution in [2.75, 3.05) is 56.4 Å². The molecule has 1 atom stereocenters. The number of likely N-dealkylation sites (tertiary alicyclic amines) is 1. The normalized spacial score (nSPS) is 19.3. The Hall–Kier alpha value is -4.58. The smallest absolute Gasteiger partial charge is 0.341 e. The topological polar surface area (TPSA) is 116 Å². The lowest BCUT2D eigenvalue weighted by Crippen LogP contribution is -2.43. The number of aromatic nitrogens is 3. The van der Waals surface area contributed by atoms with Crippen molar-refractivity contribution in [2.45, 2.75) is 31.2 Å². The van der Waals surface area contributed by atoms with Gasteiger partial charge in [-0.25, -0.2) is 23.2 Å². The maximum atomic E-state index is 15.7. The summed E-state index contributed by atoms with van der Waals surface area (Å²) in [5.74, 6) is -3.21. The summed E-state index contributed by atoms with van der Waals surface area (Å²) in [5, 5.41) is 12.8. The van der Waals surface area contributed by atoms with Crippen LogP contribution in [0.2, 0.25) is 0 Å². The third-order valence-corrected chi connectivity index (χ3v) is 9.54. The minimum absolute atomic E-state index is 0.0238. The van der Waals surface area contributed by atoms with E-state index in [9.17, 15) is 19.1 Å². The number of carboxylic acid groups (broad SMARTS) is 1. The number of benzene rings is 1. The molecule has 1 spiro atoms. The van der Waals surface area contributed by atoms with Gasteiger partial charge < -0.3 is 20.7 Å². The SMILES string of the molecule is CNc1cc(F)c(F)c2c1Cc1ncc(-c3cnc4c(c3)c(=O)c(C(=O)O)cn4NC)c(N3CCC4(CCCN4C)C3)c1-2. The van der Waals surface area contributed by atoms with Gasteiger partial charge >= 0.3 is 5.97 Å². The number of fused-ring (bicyclic) bond motifs is 4. The number of aromatic carboxylic acids is 1. The van der Waals surface area contributed by atoms with Crippen LogP contribution in [-0.2, 0) is 6.42 Å². The van der Waals surface area contributed by atoms with E-state index in [1.165, 1.54) is 16.9 Å². The Morgan fingerprint density at radius 3 is 2.60 bits per heavy atom. The zero-order valence-corrected chi connectivity index (χ0v) is 24.1. The van der Waals surface area contributed by atoms with Crippen LogP contribution < -0.4 is 21.1 Å². The fourth-order valence-corrected chi connectivity index (χ4v) is 7.29. The van der Waals surface area contributed by atoms with E-state index in [2.05, 4.69) is 32.6 Å². The van der Waals surface area contributed by atoms with Gasteiger partial charge in [0.25, 0.3) is 0 Å². The van der Waals surface area contributed by atoms with E-state index in [1.54, 1.807) is 32.6 Å². The molecule has 3 N–H and O–H groups in total. The summed E-state index contributed by atoms with van der Waals surface area (Å²) in [4.78, 5) is 39.1. The summed E-state index contributed by atoms with van der Waals surface area (Å²) in [5.41, 5.74) is 6.44. The molecule has 10 nitrogen and oxygen atoms in total. The maximum absolute atomic E-state index is 15.7. The Balaban J connectivity index is 1.50. The molecule has 43 heavy (non-hydrogen) atoms. The lowest BCUT2D eigenvalue weighted by Gasteiger charge is -2.33. The number of halogens is 2. The van der Waals surface area contributed by atoms with Gasteiger partial charge in [0.05, 0.1) is 16.8 Å². The van der Waals surface area contributed by atoms with Crippen molar-refractivity contribution in [2.24, 2.45) is 0 Å². The van der Waals surface area contributed by atoms with Gasteiger partial charge in [-0.2, -0.15) is 0 Å². The number of hydrogen-bond donors (Lipinski definition) is 3. The molecule has 2 aliphatic heterocycles. The van der Waals surface area contributed by atoms with Crippen LogP contribution in [0.25, 0.3) is 33.3 Å². The average Bonchev–Trinajstić information content (AvgIpc) is 3.71. The highest BCUT2D eigenvalue weighted by molar-refractivity contribution is 5.98. The summed E-state index contributed by atoms with van der Waals surface area (Å²) >= 11 is 0. The number of rotatable bonds is 5. The first kappa shape index (κ1) is 27.3. The van der Waals surface area contributed by atoms with E-state index in [4.69, 9.17) is 4.98 Å². The van der Waals surface area contributed by atoms with Crippen molar-refractivity contribution in [1.82, 2.24) is 19.5 Å². The molecule has 2 fully saturated rings. The first-order valence-corrected chi connectivity index (χ1v) is 14.3. The Kier molecular flexibility index (Phi) is 6.17. The van der Waals surface area contributed by atoms with E-state index in [0.29, 0.717) is 53.1 Å². The van der Waals surface area contributed by atoms with Gasteiger partial charge in [-0.05, 0) is 44.5 Å². The van der Waals surface area contributed by atoms with E-state index in [-0.39, 0.29) is 22.1 Å². The van der Waals surface area contributed by atoms with Crippen molar-refractivity contribution in [3.05, 3.63) is 69.4 Å². The predicted octanol–water partition coefficient (Wildman–Crippen LogP) is 3.90. The molecule has 7 rings (SSSR count). The number of carboxylic acids is 1. The van der Waals surface area contributed by atoms with Crippen molar-refractivity contribution in [1.29, 1.82) is 0 Å². The second kappa shape index (κ2) is 9.73. The number of pyridine rings is 3. The van der Waals surface area contributed by atoms with E-state index >= 15 is 4.39 Å². The van der Waals surface area contributed by atoms with Gasteiger partial charge in [0.2, 0.25) is 5.43 Å². The highest BCUT2D eigenvalue weighted by Gasteiger charge is 2.46. The lowest BCUT2D eigenvalue weighted by molar-refractivity contribution is 0.0695. The summed E-state index contributed by atoms with van der Waals surface area (Å²) < 4.78 is 32.1. The zero-order chi connectivity index (χ0) is 30.2. The van der Waals surface area contributed by atoms with Crippen LogP contribution in [-0.4, -0.2) is 76.9 Å². The van der Waals surface area contributed by atoms with Gasteiger partial charge in [-0.15, -0.1) is 0 Å². The van der Waals surface area contributed by atoms with Crippen LogP contribution in [0.1, 0.15) is 40.9 Å². The minimum atomic E-state index is -1.35. The first-order chi connectivity index (χ1) is 20.7. The summed E-state index contributed by atoms with van der Waals surface area (Å²) in [6, 6.07) is 2.79. The molecule has 12 heteroatoms. The van der Waals surface area contributed by atoms with Gasteiger partial charge in [0.1, 0.15) is 5.56 Å². The molecule has 222 valence electrons. The van der Waals surface area contributed by atoms with E-state index in [1.807, 2.05) is 0 Å². The number of nitrogens with one attached hydrogen (secondary N) is 2. The predicted molar refractivity (Wildman–Crippen MR) is 161 cm³/mol. The summed E-state index contributed by atoms with van der Waals surface area (Å²) in [7, 11) is 5.42. The maximum Gasteiger partial charge on any atom is 0.341 e. The molecule has 0 saturated carbocycles. The van der Waals surface area contributed by atoms with Gasteiger partial charge in [-0.3, -0.25) is 14.7 Å². The highest BCUT2D eigenvalue weighted by atomic mass is 19.2. The molecule has 1 aliphatic carbocycles. The Morgan fingerprint density at radius 1 is 1.09 bits per heavy atom. The van der Waals surface area contributed by atoms with Gasteiger partial charge in [0, 0.05) is 91.7 Å². The molecule has 0 amide bonds. The molecule has 4 aromatic rings. The molecule has 1 unspecified atom stereocenters. The van der Waals surface area contributed by atoms with Crippen molar-refractivity contribution < 1.29 is 18.7 Å². The molecule has 0 bridgehead atoms. The standard InChI is InChI=1S/C31H31F2N7O3/c1-34-22-11-21(32)26(33)24-17(22)10-23-25(24)27(39-8-6-31(15-39)5-4-7-38(31)3)19(13-36-23)16-9-18-28(41)20(30(42)43)14-40(35-2)29(18)37-12-16/h9,11-14,34-35H,4-8,10,15H2,1-3H3,(H,42,43). The van der Waals surface area contributed by atoms with Crippen LogP contribution in [0.4, 0.5) is 20.2 Å². The monoisotopic (exact) mass is 587 g/mol. The van der Waals surface area contributed by atoms with Crippen molar-refractivity contribution >= 4 is 28.4 Å². The summed E-state index contributed by atoms with van der Waals surface area (Å²) in [6.45, 7) is 2.41. The van der Waals surface area contributed by atoms with Gasteiger partial charge in [0.15, 0.2) is 17.3 Å². The van der Waals surface area contributed by atoms with Crippen LogP contribution >= 0.6 is 0 Å². The molecule has 0 radical (unpaired) electrons. The minimum Gasteiger partial charge on any atom is -0.477 e. The van der Waals surface area contributed by atoms with E-state index in [0.717, 1.165) is 31.5 Å². The van der Waals surface area contributed by atoms with Crippen LogP contribution in [0.3, 0.4) is 0 Å². The fourth-order valence-electron chi connectivity index (χ4n) is 7.29. The third kappa shape index (κ3) is 3.92. The number of carbonyl (C=O) groups is 1. The first-order valence-electron chi connectivity index (χ1n) is 14.3. The zero-order valence-electron chi connectivity index (χ0n) is 24.1. The second-order valence-electron chi connectivity index (χ2n) is 11.6. The Labute approximate surface area is 245 Å². The quantitative estimate of drug-likeness (QED) is 0.282. The number of nitrogens with zero attached hydrogens (tertiary/aromatic N) is 5. The van der Waals surface area contributed by atoms with Crippen LogP contribution in [0.5, 0.6) is 0 Å². The van der Waals surface area contributed by atoms with Crippen molar-refractivity contribution in [3.8, 4) is 22.3 Å². The molecule has 1 aromatic carbocycles.